The Balaban J connectivity index is 1.89. The summed E-state index contributed by atoms with van der Waals surface area (Å²) >= 11 is 5.82. The van der Waals surface area contributed by atoms with Crippen molar-refractivity contribution in [3.05, 3.63) is 82.0 Å². The fourth-order valence-corrected chi connectivity index (χ4v) is 4.68. The molecule has 2 aromatic carbocycles. The first-order valence-corrected chi connectivity index (χ1v) is 11.0. The summed E-state index contributed by atoms with van der Waals surface area (Å²) < 4.78 is 69.1. The molecule has 1 unspecified atom stereocenters. The number of rotatable bonds is 3. The lowest BCUT2D eigenvalue weighted by Gasteiger charge is -2.36. The Morgan fingerprint density at radius 2 is 1.74 bits per heavy atom. The minimum absolute atomic E-state index is 0.0697. The smallest absolute Gasteiger partial charge is 0.313 e. The summed E-state index contributed by atoms with van der Waals surface area (Å²) in [5.41, 5.74) is -0.742. The zero-order valence-electron chi connectivity index (χ0n) is 19.2. The van der Waals surface area contributed by atoms with E-state index in [0.717, 1.165) is 23.1 Å². The minimum atomic E-state index is -4.62. The van der Waals surface area contributed by atoms with Gasteiger partial charge in [-0.05, 0) is 36.8 Å². The van der Waals surface area contributed by atoms with Gasteiger partial charge in [0.1, 0.15) is 23.5 Å². The number of carbonyl (C=O) groups is 1. The fraction of sp³-hybridized carbons (Fsp3) is 0.280. The number of benzene rings is 2. The molecule has 1 aliphatic rings. The van der Waals surface area contributed by atoms with Gasteiger partial charge in [-0.1, -0.05) is 43.6 Å². The first-order valence-electron chi connectivity index (χ1n) is 10.6. The molecule has 3 aromatic rings. The van der Waals surface area contributed by atoms with Crippen LogP contribution in [-0.2, 0) is 16.4 Å². The maximum Gasteiger partial charge on any atom is 0.416 e. The van der Waals surface area contributed by atoms with E-state index in [0.29, 0.717) is 17.3 Å². The highest BCUT2D eigenvalue weighted by Crippen LogP contribution is 2.49. The van der Waals surface area contributed by atoms with Crippen molar-refractivity contribution in [1.82, 2.24) is 4.98 Å². The van der Waals surface area contributed by atoms with Crippen molar-refractivity contribution in [2.75, 3.05) is 16.8 Å². The van der Waals surface area contributed by atoms with Crippen LogP contribution < -0.4 is 9.80 Å². The van der Waals surface area contributed by atoms with Crippen LogP contribution >= 0.6 is 11.6 Å². The molecule has 0 saturated carbocycles. The van der Waals surface area contributed by atoms with Gasteiger partial charge in [0.2, 0.25) is 0 Å². The zero-order chi connectivity index (χ0) is 25.9. The van der Waals surface area contributed by atoms with Crippen LogP contribution in [0.4, 0.5) is 39.1 Å². The minimum Gasteiger partial charge on any atom is -0.313 e. The van der Waals surface area contributed by atoms with Crippen LogP contribution in [-0.4, -0.2) is 24.0 Å². The molecule has 0 fully saturated rings. The zero-order valence-corrected chi connectivity index (χ0v) is 20.0. The van der Waals surface area contributed by atoms with E-state index in [1.54, 1.807) is 38.1 Å². The number of hydrogen-bond donors (Lipinski definition) is 0. The quantitative estimate of drug-likeness (QED) is 0.288. The number of halogens is 6. The Morgan fingerprint density at radius 1 is 1.09 bits per heavy atom. The van der Waals surface area contributed by atoms with E-state index in [2.05, 4.69) is 4.98 Å². The fourth-order valence-electron chi connectivity index (χ4n) is 4.52. The number of para-hydroxylation sites is 1. The molecule has 0 N–H and O–H groups in total. The SMILES string of the molecule is Cc1cc(C(F)(F)F)cc(N2c3ccccc3C(C)(C)C2C(=O)N(C)c2cc(Cl)c(F)cc2F)n1. The molecule has 1 amide bonds. The number of fused-ring (bicyclic) bond motifs is 1. The number of anilines is 3. The number of amides is 1. The van der Waals surface area contributed by atoms with Crippen molar-refractivity contribution < 1.29 is 26.7 Å². The van der Waals surface area contributed by atoms with Gasteiger partial charge in [0.15, 0.2) is 0 Å². The lowest BCUT2D eigenvalue weighted by atomic mass is 9.80. The summed E-state index contributed by atoms with van der Waals surface area (Å²) in [7, 11) is 1.30. The highest BCUT2D eigenvalue weighted by Gasteiger charge is 2.51. The Hall–Kier alpha value is -3.20. The summed E-state index contributed by atoms with van der Waals surface area (Å²) in [6, 6.07) is 9.24. The lowest BCUT2D eigenvalue weighted by Crippen LogP contribution is -2.51. The second kappa shape index (κ2) is 8.48. The van der Waals surface area contributed by atoms with Gasteiger partial charge in [-0.2, -0.15) is 13.2 Å². The third-order valence-electron chi connectivity index (χ3n) is 6.23. The van der Waals surface area contributed by atoms with E-state index in [4.69, 9.17) is 11.6 Å². The van der Waals surface area contributed by atoms with E-state index in [-0.39, 0.29) is 22.2 Å². The average Bonchev–Trinajstić information content (AvgIpc) is 3.01. The molecule has 35 heavy (non-hydrogen) atoms. The normalized spacial score (nSPS) is 16.9. The number of likely N-dealkylation sites (N-methyl/N-ethyl adjacent to an activating group) is 1. The van der Waals surface area contributed by atoms with Crippen molar-refractivity contribution in [2.45, 2.75) is 38.4 Å². The van der Waals surface area contributed by atoms with Gasteiger partial charge in [0.05, 0.1) is 16.3 Å². The van der Waals surface area contributed by atoms with Gasteiger partial charge in [0.25, 0.3) is 5.91 Å². The number of nitrogens with zero attached hydrogens (tertiary/aromatic N) is 3. The molecule has 10 heteroatoms. The monoisotopic (exact) mass is 509 g/mol. The molecule has 4 rings (SSSR count). The Kier molecular flexibility index (Phi) is 6.03. The molecule has 0 aliphatic carbocycles. The van der Waals surface area contributed by atoms with E-state index in [1.807, 2.05) is 0 Å². The molecular formula is C25H21ClF5N3O. The highest BCUT2D eigenvalue weighted by atomic mass is 35.5. The molecule has 1 atom stereocenters. The number of aryl methyl sites for hydroxylation is 1. The van der Waals surface area contributed by atoms with Crippen LogP contribution in [0.5, 0.6) is 0 Å². The van der Waals surface area contributed by atoms with Crippen LogP contribution in [0.15, 0.2) is 48.5 Å². The van der Waals surface area contributed by atoms with Crippen molar-refractivity contribution >= 4 is 34.7 Å². The Bertz CT molecular complexity index is 1320. The summed E-state index contributed by atoms with van der Waals surface area (Å²) in [6.45, 7) is 4.98. The number of carbonyl (C=O) groups excluding carboxylic acids is 1. The predicted octanol–water partition coefficient (Wildman–Crippen LogP) is 6.80. The van der Waals surface area contributed by atoms with E-state index in [9.17, 15) is 26.7 Å². The maximum atomic E-state index is 14.6. The van der Waals surface area contributed by atoms with Crippen LogP contribution in [0, 0.1) is 18.6 Å². The third-order valence-corrected chi connectivity index (χ3v) is 6.52. The van der Waals surface area contributed by atoms with E-state index >= 15 is 0 Å². The van der Waals surface area contributed by atoms with Crippen LogP contribution in [0.3, 0.4) is 0 Å². The summed E-state index contributed by atoms with van der Waals surface area (Å²) in [5.74, 6) is -2.69. The summed E-state index contributed by atoms with van der Waals surface area (Å²) in [6.07, 6.45) is -4.62. The molecule has 1 aromatic heterocycles. The number of pyridine rings is 1. The number of alkyl halides is 3. The van der Waals surface area contributed by atoms with Gasteiger partial charge in [-0.25, -0.2) is 13.8 Å². The molecule has 4 nitrogen and oxygen atoms in total. The molecule has 0 spiro atoms. The van der Waals surface area contributed by atoms with Crippen LogP contribution in [0.2, 0.25) is 5.02 Å². The van der Waals surface area contributed by atoms with Crippen molar-refractivity contribution in [3.63, 3.8) is 0 Å². The Morgan fingerprint density at radius 3 is 2.40 bits per heavy atom. The molecule has 1 aliphatic heterocycles. The van der Waals surface area contributed by atoms with Crippen molar-refractivity contribution in [3.8, 4) is 0 Å². The second-order valence-corrected chi connectivity index (χ2v) is 9.39. The van der Waals surface area contributed by atoms with Gasteiger partial charge in [0, 0.05) is 29.9 Å². The lowest BCUT2D eigenvalue weighted by molar-refractivity contribution is -0.137. The van der Waals surface area contributed by atoms with Gasteiger partial charge >= 0.3 is 6.18 Å². The van der Waals surface area contributed by atoms with Gasteiger partial charge < -0.3 is 9.80 Å². The molecule has 0 bridgehead atoms. The highest BCUT2D eigenvalue weighted by molar-refractivity contribution is 6.31. The first kappa shape index (κ1) is 24.9. The average molecular weight is 510 g/mol. The molecule has 2 heterocycles. The van der Waals surface area contributed by atoms with Crippen LogP contribution in [0.25, 0.3) is 0 Å². The van der Waals surface area contributed by atoms with Crippen molar-refractivity contribution in [1.29, 1.82) is 0 Å². The number of hydrogen-bond acceptors (Lipinski definition) is 3. The van der Waals surface area contributed by atoms with Gasteiger partial charge in [-0.15, -0.1) is 0 Å². The topological polar surface area (TPSA) is 36.4 Å². The van der Waals surface area contributed by atoms with E-state index in [1.165, 1.54) is 18.9 Å². The predicted molar refractivity (Wildman–Crippen MR) is 124 cm³/mol. The third kappa shape index (κ3) is 4.22. The summed E-state index contributed by atoms with van der Waals surface area (Å²) in [5, 5.41) is -0.373. The molecular weight excluding hydrogens is 489 g/mol. The number of aromatic nitrogens is 1. The standard InChI is InChI=1S/C25H21ClF5N3O/c1-13-9-14(25(29,30)31)10-21(32-13)34-19-8-6-5-7-15(19)24(2,3)22(34)23(35)33(4)20-11-16(26)17(27)12-18(20)28/h5-12,22H,1-4H3. The maximum absolute atomic E-state index is 14.6. The van der Waals surface area contributed by atoms with Gasteiger partial charge in [-0.3, -0.25) is 4.79 Å². The van der Waals surface area contributed by atoms with Crippen LogP contribution in [0.1, 0.15) is 30.7 Å². The van der Waals surface area contributed by atoms with E-state index < -0.39 is 40.7 Å². The Labute approximate surface area is 203 Å². The van der Waals surface area contributed by atoms with Crippen molar-refractivity contribution in [2.24, 2.45) is 0 Å². The molecule has 184 valence electrons. The second-order valence-electron chi connectivity index (χ2n) is 8.98. The first-order chi connectivity index (χ1) is 16.2. The molecule has 0 radical (unpaired) electrons. The largest absolute Gasteiger partial charge is 0.416 e. The summed E-state index contributed by atoms with van der Waals surface area (Å²) in [4.78, 5) is 20.6. The molecule has 0 saturated heterocycles.